The number of hydrogen-bond acceptors (Lipinski definition) is 7. The Balaban J connectivity index is 1.32. The number of fused-ring (bicyclic) bond motifs is 1. The second-order valence-corrected chi connectivity index (χ2v) is 9.24. The number of carbonyl (C=O) groups excluding carboxylic acids is 1. The molecule has 0 radical (unpaired) electrons. The number of rotatable bonds is 7. The number of anilines is 1. The monoisotopic (exact) mass is 445 g/mol. The van der Waals surface area contributed by atoms with Gasteiger partial charge in [-0.3, -0.25) is 9.52 Å². The van der Waals surface area contributed by atoms with E-state index < -0.39 is 10.0 Å². The first-order valence-electron chi connectivity index (χ1n) is 9.08. The van der Waals surface area contributed by atoms with Gasteiger partial charge in [0.25, 0.3) is 10.0 Å². The van der Waals surface area contributed by atoms with Crippen LogP contribution < -0.4 is 19.5 Å². The highest BCUT2D eigenvalue weighted by molar-refractivity contribution is 7.93. The molecule has 156 valence electrons. The predicted molar refractivity (Wildman–Crippen MR) is 112 cm³/mol. The molecule has 0 saturated heterocycles. The van der Waals surface area contributed by atoms with Crippen LogP contribution in [0.1, 0.15) is 16.8 Å². The lowest BCUT2D eigenvalue weighted by atomic mass is 10.2. The normalized spacial score (nSPS) is 12.6. The van der Waals surface area contributed by atoms with Crippen molar-refractivity contribution in [3.8, 4) is 11.5 Å². The fraction of sp³-hybridized carbons (Fsp3) is 0.200. The molecular formula is C20H19N3O5S2. The van der Waals surface area contributed by atoms with E-state index in [1.54, 1.807) is 23.6 Å². The average molecular weight is 446 g/mol. The van der Waals surface area contributed by atoms with Crippen molar-refractivity contribution < 1.29 is 22.7 Å². The van der Waals surface area contributed by atoms with Gasteiger partial charge in [-0.25, -0.2) is 13.4 Å². The van der Waals surface area contributed by atoms with Gasteiger partial charge in [-0.1, -0.05) is 23.8 Å². The minimum atomic E-state index is -3.72. The van der Waals surface area contributed by atoms with E-state index >= 15 is 0 Å². The minimum absolute atomic E-state index is 0.0489. The number of nitrogens with one attached hydrogen (secondary N) is 2. The Morgan fingerprint density at radius 3 is 2.70 bits per heavy atom. The Kier molecular flexibility index (Phi) is 5.60. The van der Waals surface area contributed by atoms with Gasteiger partial charge < -0.3 is 14.8 Å². The molecule has 1 aliphatic heterocycles. The number of carbonyl (C=O) groups is 1. The van der Waals surface area contributed by atoms with Crippen LogP contribution in [0.15, 0.2) is 52.7 Å². The third kappa shape index (κ3) is 4.71. The number of aromatic nitrogens is 1. The van der Waals surface area contributed by atoms with Crippen LogP contribution in [0.5, 0.6) is 11.5 Å². The molecule has 0 bridgehead atoms. The van der Waals surface area contributed by atoms with E-state index in [0.717, 1.165) is 22.5 Å². The number of sulfonamides is 1. The van der Waals surface area contributed by atoms with Crippen molar-refractivity contribution in [2.24, 2.45) is 0 Å². The summed E-state index contributed by atoms with van der Waals surface area (Å²) in [7, 11) is -3.72. The molecule has 30 heavy (non-hydrogen) atoms. The van der Waals surface area contributed by atoms with Crippen LogP contribution in [0.2, 0.25) is 0 Å². The highest BCUT2D eigenvalue weighted by atomic mass is 32.2. The number of ether oxygens (including phenoxy) is 2. The summed E-state index contributed by atoms with van der Waals surface area (Å²) in [6, 6.07) is 12.0. The molecule has 0 saturated carbocycles. The molecule has 0 unspecified atom stereocenters. The molecule has 10 heteroatoms. The maximum absolute atomic E-state index is 12.4. The fourth-order valence-corrected chi connectivity index (χ4v) is 4.77. The van der Waals surface area contributed by atoms with Gasteiger partial charge in [0.05, 0.1) is 17.0 Å². The second kappa shape index (κ2) is 8.33. The molecule has 8 nitrogen and oxygen atoms in total. The number of nitrogens with zero attached hydrogens (tertiary/aromatic N) is 1. The van der Waals surface area contributed by atoms with Crippen LogP contribution in [-0.4, -0.2) is 26.1 Å². The molecule has 0 atom stereocenters. The molecule has 0 aliphatic carbocycles. The maximum Gasteiger partial charge on any atom is 0.263 e. The first-order chi connectivity index (χ1) is 14.4. The number of amides is 1. The van der Waals surface area contributed by atoms with Crippen molar-refractivity contribution in [3.05, 3.63) is 64.7 Å². The topological polar surface area (TPSA) is 107 Å². The number of aryl methyl sites for hydroxylation is 1. The number of benzene rings is 2. The van der Waals surface area contributed by atoms with E-state index in [0.29, 0.717) is 23.7 Å². The Labute approximate surface area is 177 Å². The van der Waals surface area contributed by atoms with Gasteiger partial charge in [-0.2, -0.15) is 0 Å². The summed E-state index contributed by atoms with van der Waals surface area (Å²) in [6.07, 6.45) is 0.0489. The average Bonchev–Trinajstić information content (AvgIpc) is 3.35. The minimum Gasteiger partial charge on any atom is -0.454 e. The third-order valence-corrected chi connectivity index (χ3v) is 6.66. The number of hydrogen-bond donors (Lipinski definition) is 2. The van der Waals surface area contributed by atoms with Gasteiger partial charge in [-0.15, -0.1) is 11.3 Å². The van der Waals surface area contributed by atoms with Gasteiger partial charge in [0.1, 0.15) is 0 Å². The van der Waals surface area contributed by atoms with Crippen molar-refractivity contribution in [1.29, 1.82) is 0 Å². The highest BCUT2D eigenvalue weighted by Gasteiger charge is 2.17. The molecule has 2 heterocycles. The van der Waals surface area contributed by atoms with Crippen molar-refractivity contribution in [2.75, 3.05) is 11.5 Å². The van der Waals surface area contributed by atoms with E-state index in [9.17, 15) is 13.2 Å². The molecule has 0 fully saturated rings. The van der Waals surface area contributed by atoms with Crippen LogP contribution in [0.4, 0.5) is 5.13 Å². The summed E-state index contributed by atoms with van der Waals surface area (Å²) in [4.78, 5) is 16.6. The Hall–Kier alpha value is -3.11. The number of thiazole rings is 1. The summed E-state index contributed by atoms with van der Waals surface area (Å²) in [5, 5.41) is 4.69. The van der Waals surface area contributed by atoms with Crippen molar-refractivity contribution >= 4 is 32.4 Å². The lowest BCUT2D eigenvalue weighted by Gasteiger charge is -2.06. The van der Waals surface area contributed by atoms with E-state index in [-0.39, 0.29) is 29.1 Å². The molecule has 0 spiro atoms. The zero-order valence-electron chi connectivity index (χ0n) is 16.0. The van der Waals surface area contributed by atoms with Gasteiger partial charge in [0.15, 0.2) is 16.6 Å². The van der Waals surface area contributed by atoms with Crippen LogP contribution in [0.3, 0.4) is 0 Å². The smallest absolute Gasteiger partial charge is 0.263 e. The summed E-state index contributed by atoms with van der Waals surface area (Å²) in [5.74, 6) is 1.13. The summed E-state index contributed by atoms with van der Waals surface area (Å²) in [5.41, 5.74) is 2.35. The van der Waals surface area contributed by atoms with E-state index in [1.165, 1.54) is 12.1 Å². The largest absolute Gasteiger partial charge is 0.454 e. The van der Waals surface area contributed by atoms with E-state index in [2.05, 4.69) is 15.0 Å². The molecule has 3 aromatic rings. The summed E-state index contributed by atoms with van der Waals surface area (Å²) in [6.45, 7) is 2.42. The zero-order chi connectivity index (χ0) is 21.1. The summed E-state index contributed by atoms with van der Waals surface area (Å²) >= 11 is 1.13. The lowest BCUT2D eigenvalue weighted by Crippen LogP contribution is -2.24. The van der Waals surface area contributed by atoms with Crippen molar-refractivity contribution in [2.45, 2.75) is 24.8 Å². The molecule has 2 N–H and O–H groups in total. The fourth-order valence-electron chi connectivity index (χ4n) is 2.80. The second-order valence-electron chi connectivity index (χ2n) is 6.70. The molecule has 4 rings (SSSR count). The van der Waals surface area contributed by atoms with E-state index in [4.69, 9.17) is 9.47 Å². The summed E-state index contributed by atoms with van der Waals surface area (Å²) < 4.78 is 37.9. The Morgan fingerprint density at radius 1 is 1.13 bits per heavy atom. The van der Waals surface area contributed by atoms with Gasteiger partial charge in [0, 0.05) is 11.9 Å². The third-order valence-electron chi connectivity index (χ3n) is 4.37. The van der Waals surface area contributed by atoms with Crippen LogP contribution in [-0.2, 0) is 27.8 Å². The molecule has 1 amide bonds. The lowest BCUT2D eigenvalue weighted by molar-refractivity contribution is -0.120. The first-order valence-corrected chi connectivity index (χ1v) is 11.4. The van der Waals surface area contributed by atoms with Crippen molar-refractivity contribution in [1.82, 2.24) is 10.3 Å². The SMILES string of the molecule is Cc1ccc(S(=O)(=O)Nc2nc(CC(=O)NCc3ccc4c(c3)OCO4)cs2)cc1. The zero-order valence-corrected chi connectivity index (χ0v) is 17.7. The van der Waals surface area contributed by atoms with Crippen LogP contribution in [0, 0.1) is 6.92 Å². The van der Waals surface area contributed by atoms with Gasteiger partial charge in [0.2, 0.25) is 12.7 Å². The van der Waals surface area contributed by atoms with Gasteiger partial charge >= 0.3 is 0 Å². The maximum atomic E-state index is 12.4. The predicted octanol–water partition coefficient (Wildman–Crippen LogP) is 2.84. The molecule has 2 aromatic carbocycles. The van der Waals surface area contributed by atoms with Crippen molar-refractivity contribution in [3.63, 3.8) is 0 Å². The standard InChI is InChI=1S/C20H19N3O5S2/c1-13-2-5-16(6-3-13)30(25,26)23-20-22-15(11-29-20)9-19(24)21-10-14-4-7-17-18(8-14)28-12-27-17/h2-8,11H,9-10,12H2,1H3,(H,21,24)(H,22,23). The molecule has 1 aliphatic rings. The van der Waals surface area contributed by atoms with E-state index in [1.807, 2.05) is 19.1 Å². The van der Waals surface area contributed by atoms with Crippen LogP contribution in [0.25, 0.3) is 0 Å². The quantitative estimate of drug-likeness (QED) is 0.579. The van der Waals surface area contributed by atoms with Gasteiger partial charge in [-0.05, 0) is 36.8 Å². The van der Waals surface area contributed by atoms with Crippen LogP contribution >= 0.6 is 11.3 Å². The molecule has 1 aromatic heterocycles. The Morgan fingerprint density at radius 2 is 1.90 bits per heavy atom. The first kappa shape index (κ1) is 20.2. The molecular weight excluding hydrogens is 426 g/mol. The Bertz CT molecular complexity index is 1170. The highest BCUT2D eigenvalue weighted by Crippen LogP contribution is 2.32.